The Balaban J connectivity index is 1.87. The first-order valence-electron chi connectivity index (χ1n) is 7.13. The third kappa shape index (κ3) is 4.25. The lowest BCUT2D eigenvalue weighted by molar-refractivity contribution is -0.133. The van der Waals surface area contributed by atoms with Gasteiger partial charge in [0.05, 0.1) is 6.20 Å². The van der Waals surface area contributed by atoms with Crippen LogP contribution < -0.4 is 5.32 Å². The molecule has 1 saturated heterocycles. The predicted octanol–water partition coefficient (Wildman–Crippen LogP) is -0.353. The van der Waals surface area contributed by atoms with Crippen LogP contribution in [0.25, 0.3) is 0 Å². The zero-order chi connectivity index (χ0) is 15.4. The molecule has 0 aliphatic carbocycles. The maximum absolute atomic E-state index is 12.1. The maximum Gasteiger partial charge on any atom is 0.244 e. The Kier molecular flexibility index (Phi) is 4.89. The van der Waals surface area contributed by atoms with E-state index >= 15 is 0 Å². The molecule has 1 aromatic rings. The summed E-state index contributed by atoms with van der Waals surface area (Å²) in [6.07, 6.45) is 1.58. The number of hydrogen-bond donors (Lipinski definition) is 1. The van der Waals surface area contributed by atoms with E-state index < -0.39 is 0 Å². The number of hydrogen-bond acceptors (Lipinski definition) is 5. The first-order valence-corrected chi connectivity index (χ1v) is 7.13. The van der Waals surface area contributed by atoms with E-state index in [2.05, 4.69) is 20.5 Å². The molecule has 1 fully saturated rings. The Bertz CT molecular complexity index is 505. The highest BCUT2D eigenvalue weighted by atomic mass is 16.2. The van der Waals surface area contributed by atoms with Gasteiger partial charge in [0.25, 0.3) is 0 Å². The highest BCUT2D eigenvalue weighted by Crippen LogP contribution is 2.05. The maximum atomic E-state index is 12.1. The number of rotatable bonds is 4. The van der Waals surface area contributed by atoms with E-state index in [4.69, 9.17) is 0 Å². The van der Waals surface area contributed by atoms with Crippen molar-refractivity contribution in [1.29, 1.82) is 0 Å². The second-order valence-electron chi connectivity index (χ2n) is 5.63. The number of amides is 2. The molecule has 0 spiro atoms. The molecule has 0 bridgehead atoms. The summed E-state index contributed by atoms with van der Waals surface area (Å²) in [4.78, 5) is 27.7. The monoisotopic (exact) mass is 294 g/mol. The van der Waals surface area contributed by atoms with E-state index in [0.717, 1.165) is 26.2 Å². The van der Waals surface area contributed by atoms with E-state index in [9.17, 15) is 9.59 Å². The zero-order valence-electron chi connectivity index (χ0n) is 12.7. The van der Waals surface area contributed by atoms with Crippen LogP contribution in [0.1, 0.15) is 13.8 Å². The lowest BCUT2D eigenvalue weighted by Gasteiger charge is -2.32. The summed E-state index contributed by atoms with van der Waals surface area (Å²) in [5, 5.41) is 10.4. The lowest BCUT2D eigenvalue weighted by atomic mass is 10.2. The van der Waals surface area contributed by atoms with E-state index in [1.807, 2.05) is 11.9 Å². The van der Waals surface area contributed by atoms with Gasteiger partial charge in [-0.05, 0) is 7.05 Å². The third-order valence-electron chi connectivity index (χ3n) is 3.47. The van der Waals surface area contributed by atoms with Crippen molar-refractivity contribution < 1.29 is 9.59 Å². The van der Waals surface area contributed by atoms with Gasteiger partial charge in [-0.3, -0.25) is 9.59 Å². The summed E-state index contributed by atoms with van der Waals surface area (Å²) >= 11 is 0. The standard InChI is InChI=1S/C13H22N6O2/c1-10(2)13(21)14-11-8-19(16-15-11)9-12(20)18-6-4-17(3)5-7-18/h8,10H,4-7,9H2,1-3H3,(H,14,21). The van der Waals surface area contributed by atoms with Gasteiger partial charge >= 0.3 is 0 Å². The van der Waals surface area contributed by atoms with Crippen molar-refractivity contribution in [2.24, 2.45) is 5.92 Å². The van der Waals surface area contributed by atoms with Crippen molar-refractivity contribution in [3.05, 3.63) is 6.20 Å². The molecule has 8 heteroatoms. The predicted molar refractivity (Wildman–Crippen MR) is 77.6 cm³/mol. The van der Waals surface area contributed by atoms with Crippen LogP contribution >= 0.6 is 0 Å². The van der Waals surface area contributed by atoms with Gasteiger partial charge in [0.15, 0.2) is 5.82 Å². The number of nitrogens with zero attached hydrogens (tertiary/aromatic N) is 5. The number of nitrogens with one attached hydrogen (secondary N) is 1. The molecule has 1 N–H and O–H groups in total. The molecule has 0 radical (unpaired) electrons. The molecular weight excluding hydrogens is 272 g/mol. The molecule has 21 heavy (non-hydrogen) atoms. The van der Waals surface area contributed by atoms with E-state index in [1.54, 1.807) is 20.0 Å². The fraction of sp³-hybridized carbons (Fsp3) is 0.692. The highest BCUT2D eigenvalue weighted by Gasteiger charge is 2.19. The number of anilines is 1. The third-order valence-corrected chi connectivity index (χ3v) is 3.47. The van der Waals surface area contributed by atoms with Gasteiger partial charge in [-0.15, -0.1) is 5.10 Å². The Morgan fingerprint density at radius 2 is 1.95 bits per heavy atom. The molecule has 1 aliphatic heterocycles. The Morgan fingerprint density at radius 1 is 1.29 bits per heavy atom. The van der Waals surface area contributed by atoms with Crippen LogP contribution in [0.15, 0.2) is 6.20 Å². The number of carbonyl (C=O) groups excluding carboxylic acids is 2. The molecule has 0 aromatic carbocycles. The fourth-order valence-corrected chi connectivity index (χ4v) is 2.00. The van der Waals surface area contributed by atoms with Crippen LogP contribution in [0, 0.1) is 5.92 Å². The van der Waals surface area contributed by atoms with Gasteiger partial charge in [0.1, 0.15) is 6.54 Å². The molecule has 0 atom stereocenters. The summed E-state index contributed by atoms with van der Waals surface area (Å²) in [5.74, 6) is 0.157. The summed E-state index contributed by atoms with van der Waals surface area (Å²) < 4.78 is 1.45. The van der Waals surface area contributed by atoms with Crippen LogP contribution in [0.3, 0.4) is 0 Å². The minimum Gasteiger partial charge on any atom is -0.339 e. The molecular formula is C13H22N6O2. The number of likely N-dealkylation sites (N-methyl/N-ethyl adjacent to an activating group) is 1. The molecule has 8 nitrogen and oxygen atoms in total. The fourth-order valence-electron chi connectivity index (χ4n) is 2.00. The highest BCUT2D eigenvalue weighted by molar-refractivity contribution is 5.90. The van der Waals surface area contributed by atoms with Crippen molar-refractivity contribution in [3.63, 3.8) is 0 Å². The minimum absolute atomic E-state index is 0.0229. The quantitative estimate of drug-likeness (QED) is 0.820. The molecule has 0 saturated carbocycles. The van der Waals surface area contributed by atoms with Crippen molar-refractivity contribution in [2.75, 3.05) is 38.5 Å². The van der Waals surface area contributed by atoms with Crippen LogP contribution in [0.5, 0.6) is 0 Å². The van der Waals surface area contributed by atoms with Gasteiger partial charge in [0, 0.05) is 32.1 Å². The molecule has 1 aliphatic rings. The van der Waals surface area contributed by atoms with Crippen LogP contribution in [0.2, 0.25) is 0 Å². The van der Waals surface area contributed by atoms with Crippen LogP contribution in [0.4, 0.5) is 5.82 Å². The second kappa shape index (κ2) is 6.66. The Morgan fingerprint density at radius 3 is 2.57 bits per heavy atom. The van der Waals surface area contributed by atoms with E-state index in [1.165, 1.54) is 4.68 Å². The largest absolute Gasteiger partial charge is 0.339 e. The molecule has 2 amide bonds. The Hall–Kier alpha value is -1.96. The van der Waals surface area contributed by atoms with Gasteiger partial charge in [0.2, 0.25) is 11.8 Å². The smallest absolute Gasteiger partial charge is 0.244 e. The summed E-state index contributed by atoms with van der Waals surface area (Å²) in [6.45, 7) is 7.00. The SMILES string of the molecule is CC(C)C(=O)Nc1cn(CC(=O)N2CCN(C)CC2)nn1. The molecule has 2 heterocycles. The Labute approximate surface area is 124 Å². The topological polar surface area (TPSA) is 83.4 Å². The second-order valence-corrected chi connectivity index (χ2v) is 5.63. The van der Waals surface area contributed by atoms with Crippen LogP contribution in [-0.2, 0) is 16.1 Å². The molecule has 1 aromatic heterocycles. The number of piperazine rings is 1. The minimum atomic E-state index is -0.123. The molecule has 2 rings (SSSR count). The summed E-state index contributed by atoms with van der Waals surface area (Å²) in [6, 6.07) is 0. The normalized spacial score (nSPS) is 16.3. The van der Waals surface area contributed by atoms with Gasteiger partial charge < -0.3 is 15.1 Å². The van der Waals surface area contributed by atoms with Crippen molar-refractivity contribution >= 4 is 17.6 Å². The lowest BCUT2D eigenvalue weighted by Crippen LogP contribution is -2.48. The summed E-state index contributed by atoms with van der Waals surface area (Å²) in [5.41, 5.74) is 0. The van der Waals surface area contributed by atoms with E-state index in [0.29, 0.717) is 5.82 Å². The zero-order valence-corrected chi connectivity index (χ0v) is 12.7. The van der Waals surface area contributed by atoms with Crippen LogP contribution in [-0.4, -0.2) is 69.8 Å². The van der Waals surface area contributed by atoms with Crippen molar-refractivity contribution in [3.8, 4) is 0 Å². The molecule has 0 unspecified atom stereocenters. The van der Waals surface area contributed by atoms with Crippen molar-refractivity contribution in [2.45, 2.75) is 20.4 Å². The number of aromatic nitrogens is 3. The van der Waals surface area contributed by atoms with Gasteiger partial charge in [-0.2, -0.15) is 0 Å². The molecule has 116 valence electrons. The average molecular weight is 294 g/mol. The first kappa shape index (κ1) is 15.4. The number of carbonyl (C=O) groups is 2. The first-order chi connectivity index (χ1) is 9.95. The van der Waals surface area contributed by atoms with Gasteiger partial charge in [-0.25, -0.2) is 4.68 Å². The average Bonchev–Trinajstić information content (AvgIpc) is 2.86. The van der Waals surface area contributed by atoms with Crippen molar-refractivity contribution in [1.82, 2.24) is 24.8 Å². The van der Waals surface area contributed by atoms with E-state index in [-0.39, 0.29) is 24.3 Å². The van der Waals surface area contributed by atoms with Gasteiger partial charge in [-0.1, -0.05) is 19.1 Å². The summed E-state index contributed by atoms with van der Waals surface area (Å²) in [7, 11) is 2.04.